The summed E-state index contributed by atoms with van der Waals surface area (Å²) in [7, 11) is 3.25. The van der Waals surface area contributed by atoms with Gasteiger partial charge in [0.1, 0.15) is 6.04 Å². The number of rotatable bonds is 5. The number of carbonyl (C=O) groups is 2. The van der Waals surface area contributed by atoms with Crippen molar-refractivity contribution in [2.45, 2.75) is 38.0 Å². The molecule has 166 valence electrons. The average molecular weight is 432 g/mol. The predicted octanol–water partition coefficient (Wildman–Crippen LogP) is 1.35. The van der Waals surface area contributed by atoms with Crippen LogP contribution in [0.4, 0.5) is 10.1 Å². The van der Waals surface area contributed by atoms with Crippen LogP contribution in [-0.4, -0.2) is 55.2 Å². The van der Waals surface area contributed by atoms with Gasteiger partial charge in [-0.1, -0.05) is 0 Å². The molecule has 1 aromatic heterocycles. The monoisotopic (exact) mass is 432 g/mol. The Hall–Kier alpha value is -2.85. The largest absolute Gasteiger partial charge is 0.371 e. The molecule has 9 nitrogen and oxygen atoms in total. The van der Waals surface area contributed by atoms with Crippen LogP contribution in [-0.2, 0) is 19.1 Å². The number of ether oxygens (including phenoxy) is 2. The number of nitrogens with one attached hydrogen (secondary N) is 1. The highest BCUT2D eigenvalue weighted by Crippen LogP contribution is 2.29. The van der Waals surface area contributed by atoms with E-state index in [2.05, 4.69) is 15.3 Å². The Kier molecular flexibility index (Phi) is 6.01. The molecule has 1 unspecified atom stereocenters. The van der Waals surface area contributed by atoms with Crippen molar-refractivity contribution in [2.75, 3.05) is 32.2 Å². The number of aromatic nitrogens is 2. The molecule has 2 amide bonds. The molecule has 1 N–H and O–H groups in total. The van der Waals surface area contributed by atoms with Crippen molar-refractivity contribution >= 4 is 28.3 Å². The molecule has 2 aromatic rings. The first-order valence-electron chi connectivity index (χ1n) is 10.3. The highest BCUT2D eigenvalue weighted by atomic mass is 19.1. The van der Waals surface area contributed by atoms with E-state index in [-0.39, 0.29) is 35.8 Å². The van der Waals surface area contributed by atoms with Crippen LogP contribution in [0.2, 0.25) is 0 Å². The number of hydrogen-bond acceptors (Lipinski definition) is 7. The number of halogens is 1. The fourth-order valence-electron chi connectivity index (χ4n) is 4.44. The highest BCUT2D eigenvalue weighted by Gasteiger charge is 2.31. The lowest BCUT2D eigenvalue weighted by Gasteiger charge is -2.36. The van der Waals surface area contributed by atoms with E-state index in [0.29, 0.717) is 0 Å². The Morgan fingerprint density at radius 2 is 1.81 bits per heavy atom. The quantitative estimate of drug-likeness (QED) is 0.562. The predicted molar refractivity (Wildman–Crippen MR) is 110 cm³/mol. The standard InChI is InChI=1S/C21H25FN4O5/c1-30-21(31-2)12-7-9-25(10-8-12)13-3-4-14-15(11-13)20(29)26(24-18(14)22)16-5-6-17(27)23-19(16)28/h3-4,11-12,16,21H,5-10H2,1-2H3,(H,23,27,28). The summed E-state index contributed by atoms with van der Waals surface area (Å²) in [5.74, 6) is -1.61. The molecule has 1 aromatic carbocycles. The van der Waals surface area contributed by atoms with Crippen LogP contribution in [0.3, 0.4) is 0 Å². The highest BCUT2D eigenvalue weighted by molar-refractivity contribution is 5.99. The van der Waals surface area contributed by atoms with Gasteiger partial charge in [-0.05, 0) is 37.5 Å². The molecule has 4 rings (SSSR count). The van der Waals surface area contributed by atoms with Crippen molar-refractivity contribution in [1.82, 2.24) is 15.1 Å². The minimum atomic E-state index is -1.01. The van der Waals surface area contributed by atoms with E-state index in [1.165, 1.54) is 0 Å². The number of piperidine rings is 2. The maximum Gasteiger partial charge on any atom is 0.275 e. The fraction of sp³-hybridized carbons (Fsp3) is 0.524. The van der Waals surface area contributed by atoms with Crippen LogP contribution >= 0.6 is 0 Å². The smallest absolute Gasteiger partial charge is 0.275 e. The molecule has 0 spiro atoms. The molecule has 0 radical (unpaired) electrons. The number of anilines is 1. The van der Waals surface area contributed by atoms with E-state index in [9.17, 15) is 18.8 Å². The number of nitrogens with zero attached hydrogens (tertiary/aromatic N) is 3. The molecule has 31 heavy (non-hydrogen) atoms. The summed E-state index contributed by atoms with van der Waals surface area (Å²) in [6, 6.07) is 3.95. The third-order valence-electron chi connectivity index (χ3n) is 6.12. The van der Waals surface area contributed by atoms with E-state index in [1.54, 1.807) is 32.4 Å². The Morgan fingerprint density at radius 3 is 2.45 bits per heavy atom. The molecule has 10 heteroatoms. The SMILES string of the molecule is COC(OC)C1CCN(c2ccc3c(F)nn(C4CCC(=O)NC4=O)c(=O)c3c2)CC1. The Balaban J connectivity index is 1.63. The lowest BCUT2D eigenvalue weighted by Crippen LogP contribution is -2.45. The number of amides is 2. The zero-order valence-corrected chi connectivity index (χ0v) is 17.5. The van der Waals surface area contributed by atoms with Gasteiger partial charge in [0, 0.05) is 50.7 Å². The zero-order valence-electron chi connectivity index (χ0n) is 17.5. The second-order valence-corrected chi connectivity index (χ2v) is 7.90. The maximum atomic E-state index is 14.7. The number of imide groups is 1. The number of fused-ring (bicyclic) bond motifs is 1. The molecular weight excluding hydrogens is 407 g/mol. The van der Waals surface area contributed by atoms with Gasteiger partial charge in [0.25, 0.3) is 11.5 Å². The van der Waals surface area contributed by atoms with Crippen molar-refractivity contribution in [3.8, 4) is 0 Å². The topological polar surface area (TPSA) is 103 Å². The third-order valence-corrected chi connectivity index (χ3v) is 6.12. The lowest BCUT2D eigenvalue weighted by atomic mass is 9.95. The minimum Gasteiger partial charge on any atom is -0.371 e. The normalized spacial score (nSPS) is 20.5. The van der Waals surface area contributed by atoms with Gasteiger partial charge in [0.05, 0.1) is 5.39 Å². The number of carbonyl (C=O) groups excluding carboxylic acids is 2. The van der Waals surface area contributed by atoms with Crippen LogP contribution in [0.1, 0.15) is 31.7 Å². The summed E-state index contributed by atoms with van der Waals surface area (Å²) in [6.07, 6.45) is 1.64. The van der Waals surface area contributed by atoms with Gasteiger partial charge in [-0.3, -0.25) is 19.7 Å². The van der Waals surface area contributed by atoms with Crippen molar-refractivity contribution in [1.29, 1.82) is 0 Å². The molecule has 2 saturated heterocycles. The maximum absolute atomic E-state index is 14.7. The minimum absolute atomic E-state index is 0.0725. The van der Waals surface area contributed by atoms with Crippen molar-refractivity contribution in [2.24, 2.45) is 5.92 Å². The molecule has 0 bridgehead atoms. The van der Waals surface area contributed by atoms with E-state index < -0.39 is 29.4 Å². The molecule has 0 saturated carbocycles. The Labute approximate surface area is 178 Å². The van der Waals surface area contributed by atoms with Crippen molar-refractivity contribution in [3.63, 3.8) is 0 Å². The van der Waals surface area contributed by atoms with Crippen LogP contribution in [0.15, 0.2) is 23.0 Å². The van der Waals surface area contributed by atoms with Gasteiger partial charge < -0.3 is 14.4 Å². The van der Waals surface area contributed by atoms with E-state index >= 15 is 0 Å². The molecule has 2 aliphatic heterocycles. The number of hydrogen-bond donors (Lipinski definition) is 1. The number of benzene rings is 1. The van der Waals surface area contributed by atoms with Gasteiger partial charge in [0.15, 0.2) is 6.29 Å². The second-order valence-electron chi connectivity index (χ2n) is 7.90. The summed E-state index contributed by atoms with van der Waals surface area (Å²) < 4.78 is 26.3. The first-order valence-corrected chi connectivity index (χ1v) is 10.3. The Morgan fingerprint density at radius 1 is 1.10 bits per heavy atom. The molecule has 2 fully saturated rings. The van der Waals surface area contributed by atoms with Gasteiger partial charge in [-0.15, -0.1) is 5.10 Å². The van der Waals surface area contributed by atoms with Crippen molar-refractivity contribution in [3.05, 3.63) is 34.5 Å². The third kappa shape index (κ3) is 4.05. The summed E-state index contributed by atoms with van der Waals surface area (Å²) >= 11 is 0. The zero-order chi connectivity index (χ0) is 22.1. The second kappa shape index (κ2) is 8.72. The molecule has 2 aliphatic rings. The molecule has 1 atom stereocenters. The number of methoxy groups -OCH3 is 2. The van der Waals surface area contributed by atoms with E-state index in [1.807, 2.05) is 0 Å². The first-order chi connectivity index (χ1) is 14.9. The fourth-order valence-corrected chi connectivity index (χ4v) is 4.44. The summed E-state index contributed by atoms with van der Waals surface area (Å²) in [5, 5.41) is 6.15. The summed E-state index contributed by atoms with van der Waals surface area (Å²) in [6.45, 7) is 1.49. The van der Waals surface area contributed by atoms with E-state index in [4.69, 9.17) is 9.47 Å². The van der Waals surface area contributed by atoms with Gasteiger partial charge in [-0.2, -0.15) is 4.39 Å². The van der Waals surface area contributed by atoms with Gasteiger partial charge >= 0.3 is 0 Å². The van der Waals surface area contributed by atoms with Crippen LogP contribution in [0.25, 0.3) is 10.8 Å². The summed E-state index contributed by atoms with van der Waals surface area (Å²) in [4.78, 5) is 38.8. The van der Waals surface area contributed by atoms with Gasteiger partial charge in [0.2, 0.25) is 11.9 Å². The molecule has 0 aliphatic carbocycles. The van der Waals surface area contributed by atoms with Crippen LogP contribution in [0.5, 0.6) is 0 Å². The Bertz CT molecular complexity index is 1060. The van der Waals surface area contributed by atoms with Crippen LogP contribution in [0, 0.1) is 11.9 Å². The average Bonchev–Trinajstić information content (AvgIpc) is 2.77. The first kappa shape index (κ1) is 21.4. The summed E-state index contributed by atoms with van der Waals surface area (Å²) in [5.41, 5.74) is 0.247. The lowest BCUT2D eigenvalue weighted by molar-refractivity contribution is -0.141. The van der Waals surface area contributed by atoms with E-state index in [0.717, 1.165) is 36.3 Å². The van der Waals surface area contributed by atoms with Gasteiger partial charge in [-0.25, -0.2) is 4.68 Å². The van der Waals surface area contributed by atoms with Crippen LogP contribution < -0.4 is 15.8 Å². The molecule has 3 heterocycles. The molecular formula is C21H25FN4O5. The van der Waals surface area contributed by atoms with Crippen molar-refractivity contribution < 1.29 is 23.5 Å².